The topological polar surface area (TPSA) is 69.9 Å². The molecule has 0 unspecified atom stereocenters. The average molecular weight is 807 g/mol. The Balaban J connectivity index is 1.01. The van der Waals surface area contributed by atoms with Gasteiger partial charge in [0.1, 0.15) is 22.3 Å². The molecule has 0 aliphatic carbocycles. The molecule has 0 fully saturated rings. The lowest BCUT2D eigenvalue weighted by Gasteiger charge is -2.11. The maximum absolute atomic E-state index is 7.06. The van der Waals surface area contributed by atoms with Gasteiger partial charge >= 0.3 is 0 Å². The molecular weight excluding hydrogens is 773 g/mol. The number of furan rings is 2. The highest BCUT2D eigenvalue weighted by Gasteiger charge is 2.23. The van der Waals surface area contributed by atoms with Gasteiger partial charge in [-0.15, -0.1) is 0 Å². The average Bonchev–Trinajstić information content (AvgIpc) is 4.04. The van der Waals surface area contributed by atoms with E-state index < -0.39 is 0 Å². The third-order valence-corrected chi connectivity index (χ3v) is 12.3. The monoisotopic (exact) mass is 806 g/mol. The summed E-state index contributed by atoms with van der Waals surface area (Å²) in [6, 6.07) is 71.5. The second-order valence-electron chi connectivity index (χ2n) is 15.9. The maximum Gasteiger partial charge on any atom is 0.167 e. The molecule has 294 valence electrons. The summed E-state index contributed by atoms with van der Waals surface area (Å²) in [4.78, 5) is 15.5. The molecule has 0 bridgehead atoms. The van der Waals surface area contributed by atoms with Gasteiger partial charge in [0.2, 0.25) is 0 Å². The summed E-state index contributed by atoms with van der Waals surface area (Å²) in [7, 11) is 0. The second kappa shape index (κ2) is 14.0. The molecule has 0 aliphatic rings. The minimum absolute atomic E-state index is 0.527. The van der Waals surface area contributed by atoms with Crippen molar-refractivity contribution in [1.82, 2.24) is 19.5 Å². The van der Waals surface area contributed by atoms with Crippen LogP contribution < -0.4 is 0 Å². The number of fused-ring (bicyclic) bond motifs is 9. The lowest BCUT2D eigenvalue weighted by Crippen LogP contribution is -2.00. The highest BCUT2D eigenvalue weighted by atomic mass is 16.3. The van der Waals surface area contributed by atoms with Crippen molar-refractivity contribution in [2.24, 2.45) is 0 Å². The van der Waals surface area contributed by atoms with Gasteiger partial charge in [-0.25, -0.2) is 15.0 Å². The number of hydrogen-bond acceptors (Lipinski definition) is 5. The highest BCUT2D eigenvalue weighted by molar-refractivity contribution is 6.17. The molecular formula is C57H34N4O2. The first kappa shape index (κ1) is 35.2. The van der Waals surface area contributed by atoms with E-state index in [9.17, 15) is 0 Å². The van der Waals surface area contributed by atoms with Crippen LogP contribution in [0.3, 0.4) is 0 Å². The quantitative estimate of drug-likeness (QED) is 0.167. The van der Waals surface area contributed by atoms with Crippen LogP contribution in [0.15, 0.2) is 215 Å². The fraction of sp³-hybridized carbons (Fsp3) is 0. The summed E-state index contributed by atoms with van der Waals surface area (Å²) < 4.78 is 15.7. The second-order valence-corrected chi connectivity index (χ2v) is 15.9. The van der Waals surface area contributed by atoms with Crippen molar-refractivity contribution < 1.29 is 8.83 Å². The van der Waals surface area contributed by atoms with Gasteiger partial charge in [0.25, 0.3) is 0 Å². The first-order valence-corrected chi connectivity index (χ1v) is 21.1. The van der Waals surface area contributed by atoms with Gasteiger partial charge in [-0.05, 0) is 53.6 Å². The van der Waals surface area contributed by atoms with E-state index >= 15 is 0 Å². The maximum atomic E-state index is 7.06. The predicted molar refractivity (Wildman–Crippen MR) is 256 cm³/mol. The minimum atomic E-state index is 0.527. The summed E-state index contributed by atoms with van der Waals surface area (Å²) in [6.07, 6.45) is 0. The molecule has 9 aromatic carbocycles. The van der Waals surface area contributed by atoms with Crippen LogP contribution in [0.5, 0.6) is 0 Å². The third kappa shape index (κ3) is 5.55. The lowest BCUT2D eigenvalue weighted by molar-refractivity contribution is 0.669. The van der Waals surface area contributed by atoms with E-state index in [4.69, 9.17) is 23.8 Å². The molecule has 6 nitrogen and oxygen atoms in total. The molecule has 0 spiro atoms. The molecule has 63 heavy (non-hydrogen) atoms. The van der Waals surface area contributed by atoms with Gasteiger partial charge in [0, 0.05) is 60.3 Å². The van der Waals surface area contributed by atoms with Crippen LogP contribution in [-0.4, -0.2) is 19.5 Å². The minimum Gasteiger partial charge on any atom is -0.456 e. The predicted octanol–water partition coefficient (Wildman–Crippen LogP) is 15.1. The van der Waals surface area contributed by atoms with E-state index in [0.29, 0.717) is 17.5 Å². The molecule has 0 aliphatic heterocycles. The Kier molecular flexibility index (Phi) is 7.80. The summed E-state index contributed by atoms with van der Waals surface area (Å²) in [5, 5.41) is 6.35. The molecule has 0 amide bonds. The smallest absolute Gasteiger partial charge is 0.167 e. The van der Waals surface area contributed by atoms with Crippen LogP contribution in [0.25, 0.3) is 128 Å². The van der Waals surface area contributed by atoms with Crippen LogP contribution in [0.4, 0.5) is 0 Å². The van der Waals surface area contributed by atoms with Crippen molar-refractivity contribution in [1.29, 1.82) is 0 Å². The van der Waals surface area contributed by atoms with E-state index in [2.05, 4.69) is 144 Å². The Hall–Kier alpha value is -8.61. The van der Waals surface area contributed by atoms with E-state index in [-0.39, 0.29) is 0 Å². The third-order valence-electron chi connectivity index (χ3n) is 12.3. The van der Waals surface area contributed by atoms with E-state index in [1.165, 1.54) is 27.4 Å². The fourth-order valence-corrected chi connectivity index (χ4v) is 9.45. The molecule has 0 saturated carbocycles. The molecule has 6 heteroatoms. The van der Waals surface area contributed by atoms with Crippen LogP contribution in [-0.2, 0) is 0 Å². The summed E-state index contributed by atoms with van der Waals surface area (Å²) in [5.74, 6) is 1.66. The van der Waals surface area contributed by atoms with Crippen molar-refractivity contribution >= 4 is 65.7 Å². The van der Waals surface area contributed by atoms with Crippen molar-refractivity contribution in [3.05, 3.63) is 206 Å². The van der Waals surface area contributed by atoms with Crippen molar-refractivity contribution in [2.75, 3.05) is 0 Å². The number of para-hydroxylation sites is 5. The zero-order valence-electron chi connectivity index (χ0n) is 33.7. The number of hydrogen-bond donors (Lipinski definition) is 0. The highest BCUT2D eigenvalue weighted by Crippen LogP contribution is 2.44. The molecule has 0 atom stereocenters. The number of rotatable bonds is 6. The Morgan fingerprint density at radius 3 is 1.67 bits per heavy atom. The standard InChI is InChI=1S/C57H34N4O2/c1-4-16-35(17-5-1)39-23-12-25-41-47-34-37(32-33-48(47)61(52(39)41)38-20-8-3-9-21-38)40-24-13-26-42-43-27-14-29-46(54(43)63-53(40)42)57-59-55(36-18-6-2-7-19-36)58-56(60-57)45-28-15-31-50-51(45)44-22-10-11-30-49(44)62-50/h1-34H. The Bertz CT molecular complexity index is 3900. The lowest BCUT2D eigenvalue weighted by atomic mass is 9.99. The molecule has 0 saturated heterocycles. The van der Waals surface area contributed by atoms with Gasteiger partial charge in [0.15, 0.2) is 17.5 Å². The van der Waals surface area contributed by atoms with E-state index in [1.54, 1.807) is 0 Å². The van der Waals surface area contributed by atoms with Crippen LogP contribution >= 0.6 is 0 Å². The van der Waals surface area contributed by atoms with Crippen LogP contribution in [0.2, 0.25) is 0 Å². The first-order chi connectivity index (χ1) is 31.2. The normalized spacial score (nSPS) is 11.8. The molecule has 4 aromatic heterocycles. The van der Waals surface area contributed by atoms with Crippen LogP contribution in [0, 0.1) is 0 Å². The number of benzene rings is 9. The largest absolute Gasteiger partial charge is 0.456 e. The summed E-state index contributed by atoms with van der Waals surface area (Å²) in [6.45, 7) is 0. The summed E-state index contributed by atoms with van der Waals surface area (Å²) >= 11 is 0. The van der Waals surface area contributed by atoms with Crippen LogP contribution in [0.1, 0.15) is 0 Å². The molecule has 13 aromatic rings. The summed E-state index contributed by atoms with van der Waals surface area (Å²) in [5.41, 5.74) is 13.6. The van der Waals surface area contributed by atoms with Crippen molar-refractivity contribution in [3.63, 3.8) is 0 Å². The molecule has 4 heterocycles. The number of aromatic nitrogens is 4. The van der Waals surface area contributed by atoms with Crippen molar-refractivity contribution in [2.45, 2.75) is 0 Å². The SMILES string of the molecule is c1ccc(-c2nc(-c3cccc4c3oc3c(-c5ccc6c(c5)c5cccc(-c7ccccc7)c5n6-c5ccccc5)cccc34)nc(-c3cccc4oc5ccccc5c34)n2)cc1. The van der Waals surface area contributed by atoms with Gasteiger partial charge in [0.05, 0.1) is 16.6 Å². The Morgan fingerprint density at radius 1 is 0.333 bits per heavy atom. The Labute approximate surface area is 361 Å². The first-order valence-electron chi connectivity index (χ1n) is 21.1. The van der Waals surface area contributed by atoms with Gasteiger partial charge < -0.3 is 13.4 Å². The molecule has 0 radical (unpaired) electrons. The van der Waals surface area contributed by atoms with Gasteiger partial charge in [-0.1, -0.05) is 164 Å². The fourth-order valence-electron chi connectivity index (χ4n) is 9.45. The zero-order chi connectivity index (χ0) is 41.4. The zero-order valence-corrected chi connectivity index (χ0v) is 33.7. The molecule has 0 N–H and O–H groups in total. The molecule has 13 rings (SSSR count). The number of nitrogens with zero attached hydrogens (tertiary/aromatic N) is 4. The van der Waals surface area contributed by atoms with E-state index in [1.807, 2.05) is 66.7 Å². The van der Waals surface area contributed by atoms with E-state index in [0.717, 1.165) is 82.9 Å². The van der Waals surface area contributed by atoms with Crippen molar-refractivity contribution in [3.8, 4) is 62.1 Å². The van der Waals surface area contributed by atoms with Gasteiger partial charge in [-0.2, -0.15) is 0 Å². The van der Waals surface area contributed by atoms with Gasteiger partial charge in [-0.3, -0.25) is 0 Å². The Morgan fingerprint density at radius 2 is 0.889 bits per heavy atom.